The Kier molecular flexibility index (Phi) is 5.19. The van der Waals surface area contributed by atoms with Crippen molar-refractivity contribution in [3.8, 4) is 11.3 Å². The SMILES string of the molecule is Cc1ccccc1-c1noc(C2CC2)c1/C=C/C1C2CN(c3nc4c(CO)cc(C(=O)O)nc4s3)CC12. The van der Waals surface area contributed by atoms with Crippen LogP contribution in [-0.4, -0.2) is 44.4 Å². The minimum absolute atomic E-state index is 0.0643. The topological polar surface area (TPSA) is 113 Å². The standard InChI is InChI=1S/C28H26N4O4S/c1-14-4-2-3-5-17(14)24-19(25(36-31-24)15-6-7-15)9-8-18-20-11-32(12-21(18)20)28-30-23-16(13-33)10-22(27(34)35)29-26(23)37-28/h2-5,8-10,15,18,20-21,33H,6-7,11-13H2,1H3,(H,34,35)/b9-8+. The van der Waals surface area contributed by atoms with Gasteiger partial charge < -0.3 is 19.6 Å². The van der Waals surface area contributed by atoms with Crippen LogP contribution < -0.4 is 4.90 Å². The monoisotopic (exact) mass is 514 g/mol. The molecule has 9 heteroatoms. The predicted octanol–water partition coefficient (Wildman–Crippen LogP) is 5.12. The Morgan fingerprint density at radius 2 is 2.00 bits per heavy atom. The lowest BCUT2D eigenvalue weighted by molar-refractivity contribution is 0.0690. The number of anilines is 1. The van der Waals surface area contributed by atoms with E-state index in [9.17, 15) is 15.0 Å². The summed E-state index contributed by atoms with van der Waals surface area (Å²) in [5.74, 6) is 2.04. The van der Waals surface area contributed by atoms with E-state index in [1.54, 1.807) is 0 Å². The number of benzene rings is 1. The lowest BCUT2D eigenvalue weighted by Gasteiger charge is -2.17. The molecule has 3 fully saturated rings. The molecule has 4 heterocycles. The van der Waals surface area contributed by atoms with E-state index in [0.29, 0.717) is 39.6 Å². The minimum atomic E-state index is -1.10. The fraction of sp³-hybridized carbons (Fsp3) is 0.357. The number of carboxylic acid groups (broad SMARTS) is 1. The quantitative estimate of drug-likeness (QED) is 0.350. The van der Waals surface area contributed by atoms with E-state index < -0.39 is 5.97 Å². The highest BCUT2D eigenvalue weighted by molar-refractivity contribution is 7.21. The van der Waals surface area contributed by atoms with Gasteiger partial charge in [-0.1, -0.05) is 52.9 Å². The Morgan fingerprint density at radius 3 is 2.70 bits per heavy atom. The Hall–Kier alpha value is -3.56. The molecule has 8 nitrogen and oxygen atoms in total. The maximum absolute atomic E-state index is 11.4. The highest BCUT2D eigenvalue weighted by Crippen LogP contribution is 2.54. The van der Waals surface area contributed by atoms with Gasteiger partial charge in [0.15, 0.2) is 5.13 Å². The van der Waals surface area contributed by atoms with Gasteiger partial charge in [-0.3, -0.25) is 0 Å². The number of aromatic carboxylic acids is 1. The van der Waals surface area contributed by atoms with Crippen LogP contribution in [0.2, 0.25) is 0 Å². The van der Waals surface area contributed by atoms with Gasteiger partial charge in [-0.15, -0.1) is 0 Å². The number of allylic oxidation sites excluding steroid dienone is 1. The number of pyridine rings is 1. The first-order valence-electron chi connectivity index (χ1n) is 12.6. The molecule has 2 N–H and O–H groups in total. The molecule has 4 aromatic rings. The number of piperidine rings is 1. The average Bonchev–Trinajstić information content (AvgIpc) is 3.65. The first-order chi connectivity index (χ1) is 18.0. The Bertz CT molecular complexity index is 1560. The molecule has 1 saturated heterocycles. The molecule has 2 atom stereocenters. The number of aromatic nitrogens is 3. The molecule has 0 amide bonds. The number of hydrogen-bond donors (Lipinski definition) is 2. The van der Waals surface area contributed by atoms with E-state index >= 15 is 0 Å². The average molecular weight is 515 g/mol. The number of thiazole rings is 1. The summed E-state index contributed by atoms with van der Waals surface area (Å²) >= 11 is 1.39. The number of carboxylic acids is 1. The number of nitrogens with zero attached hydrogens (tertiary/aromatic N) is 4. The van der Waals surface area contributed by atoms with Gasteiger partial charge in [0.2, 0.25) is 0 Å². The molecule has 2 saturated carbocycles. The van der Waals surface area contributed by atoms with Gasteiger partial charge in [0.25, 0.3) is 0 Å². The molecule has 37 heavy (non-hydrogen) atoms. The van der Waals surface area contributed by atoms with Crippen LogP contribution in [-0.2, 0) is 6.61 Å². The first-order valence-corrected chi connectivity index (χ1v) is 13.5. The van der Waals surface area contributed by atoms with Gasteiger partial charge in [0.1, 0.15) is 27.5 Å². The number of carbonyl (C=O) groups is 1. The molecule has 0 bridgehead atoms. The summed E-state index contributed by atoms with van der Waals surface area (Å²) in [7, 11) is 0. The summed E-state index contributed by atoms with van der Waals surface area (Å²) in [5.41, 5.74) is 5.40. The lowest BCUT2D eigenvalue weighted by Crippen LogP contribution is -2.23. The van der Waals surface area contributed by atoms with Gasteiger partial charge in [-0.05, 0) is 49.1 Å². The molecule has 1 aliphatic heterocycles. The van der Waals surface area contributed by atoms with Crippen LogP contribution in [0.25, 0.3) is 27.7 Å². The van der Waals surface area contributed by atoms with Crippen LogP contribution in [0, 0.1) is 24.7 Å². The largest absolute Gasteiger partial charge is 0.477 e. The van der Waals surface area contributed by atoms with E-state index in [2.05, 4.69) is 46.2 Å². The molecular formula is C28H26N4O4S. The lowest BCUT2D eigenvalue weighted by atomic mass is 9.99. The zero-order chi connectivity index (χ0) is 25.3. The number of aliphatic hydroxyl groups is 1. The van der Waals surface area contributed by atoms with Crippen LogP contribution in [0.4, 0.5) is 5.13 Å². The van der Waals surface area contributed by atoms with Gasteiger partial charge in [-0.25, -0.2) is 14.8 Å². The van der Waals surface area contributed by atoms with Crippen molar-refractivity contribution in [1.29, 1.82) is 0 Å². The highest BCUT2D eigenvalue weighted by Gasteiger charge is 2.54. The molecule has 3 aromatic heterocycles. The molecule has 2 aliphatic carbocycles. The van der Waals surface area contributed by atoms with Crippen molar-refractivity contribution in [3.05, 3.63) is 64.6 Å². The maximum atomic E-state index is 11.4. The molecule has 0 radical (unpaired) electrons. The van der Waals surface area contributed by atoms with Crippen molar-refractivity contribution >= 4 is 38.9 Å². The number of rotatable bonds is 7. The van der Waals surface area contributed by atoms with Crippen molar-refractivity contribution in [2.45, 2.75) is 32.3 Å². The fourth-order valence-corrected chi connectivity index (χ4v) is 6.70. The molecule has 2 unspecified atom stereocenters. The summed E-state index contributed by atoms with van der Waals surface area (Å²) in [4.78, 5) is 23.2. The summed E-state index contributed by atoms with van der Waals surface area (Å²) in [5, 5.41) is 24.4. The first kappa shape index (κ1) is 22.6. The van der Waals surface area contributed by atoms with Gasteiger partial charge in [0.05, 0.1) is 6.61 Å². The van der Waals surface area contributed by atoms with Gasteiger partial charge in [-0.2, -0.15) is 0 Å². The minimum Gasteiger partial charge on any atom is -0.477 e. The molecule has 7 rings (SSSR count). The maximum Gasteiger partial charge on any atom is 0.354 e. The van der Waals surface area contributed by atoms with Gasteiger partial charge in [0, 0.05) is 35.7 Å². The summed E-state index contributed by atoms with van der Waals surface area (Å²) < 4.78 is 5.84. The summed E-state index contributed by atoms with van der Waals surface area (Å²) in [6.07, 6.45) is 6.91. The number of hydrogen-bond acceptors (Lipinski definition) is 8. The third kappa shape index (κ3) is 3.84. The van der Waals surface area contributed by atoms with Crippen molar-refractivity contribution in [2.75, 3.05) is 18.0 Å². The van der Waals surface area contributed by atoms with E-state index in [1.807, 2.05) is 12.1 Å². The van der Waals surface area contributed by atoms with Crippen molar-refractivity contribution in [1.82, 2.24) is 15.1 Å². The van der Waals surface area contributed by atoms with Crippen molar-refractivity contribution in [3.63, 3.8) is 0 Å². The highest BCUT2D eigenvalue weighted by atomic mass is 32.1. The van der Waals surface area contributed by atoms with Crippen LogP contribution in [0.1, 0.15) is 51.7 Å². The smallest absolute Gasteiger partial charge is 0.354 e. The van der Waals surface area contributed by atoms with Crippen LogP contribution in [0.5, 0.6) is 0 Å². The predicted molar refractivity (Wildman–Crippen MR) is 141 cm³/mol. The summed E-state index contributed by atoms with van der Waals surface area (Å²) in [6.45, 7) is 3.65. The third-order valence-corrected chi connectivity index (χ3v) is 8.95. The fourth-order valence-electron chi connectivity index (χ4n) is 5.69. The molecule has 3 aliphatic rings. The Morgan fingerprint density at radius 1 is 1.22 bits per heavy atom. The molecular weight excluding hydrogens is 488 g/mol. The van der Waals surface area contributed by atoms with E-state index in [-0.39, 0.29) is 12.3 Å². The third-order valence-electron chi connectivity index (χ3n) is 7.94. The summed E-state index contributed by atoms with van der Waals surface area (Å²) in [6, 6.07) is 9.72. The molecule has 188 valence electrons. The molecule has 0 spiro atoms. The van der Waals surface area contributed by atoms with Gasteiger partial charge >= 0.3 is 5.97 Å². The van der Waals surface area contributed by atoms with Crippen LogP contribution >= 0.6 is 11.3 Å². The van der Waals surface area contributed by atoms with Crippen molar-refractivity contribution < 1.29 is 19.5 Å². The second-order valence-electron chi connectivity index (χ2n) is 10.3. The van der Waals surface area contributed by atoms with E-state index in [4.69, 9.17) is 9.51 Å². The molecule has 1 aromatic carbocycles. The van der Waals surface area contributed by atoms with Crippen LogP contribution in [0.3, 0.4) is 0 Å². The Labute approximate surface area is 217 Å². The number of aryl methyl sites for hydroxylation is 1. The number of aliphatic hydroxyl groups excluding tert-OH is 1. The second-order valence-corrected chi connectivity index (χ2v) is 11.3. The zero-order valence-electron chi connectivity index (χ0n) is 20.3. The second kappa shape index (κ2) is 8.49. The number of fused-ring (bicyclic) bond motifs is 2. The van der Waals surface area contributed by atoms with Crippen molar-refractivity contribution in [2.24, 2.45) is 17.8 Å². The zero-order valence-corrected chi connectivity index (χ0v) is 21.1. The van der Waals surface area contributed by atoms with E-state index in [1.165, 1.54) is 23.0 Å². The normalized spacial score (nSPS) is 22.8. The Balaban J connectivity index is 1.10. The van der Waals surface area contributed by atoms with E-state index in [0.717, 1.165) is 53.6 Å². The van der Waals surface area contributed by atoms with Crippen LogP contribution in [0.15, 0.2) is 40.9 Å².